The van der Waals surface area contributed by atoms with E-state index in [1.54, 1.807) is 0 Å². The Morgan fingerprint density at radius 1 is 1.18 bits per heavy atom. The third-order valence-corrected chi connectivity index (χ3v) is 3.66. The van der Waals surface area contributed by atoms with Gasteiger partial charge in [0, 0.05) is 5.54 Å². The van der Waals surface area contributed by atoms with E-state index in [0.29, 0.717) is 6.32 Å². The van der Waals surface area contributed by atoms with Crippen molar-refractivity contribution in [3.8, 4) is 0 Å². The standard InChI is InChI=1S/C12H27BN2O2/c1-12(14,6-2-3-8-13(16)17)7-11-15-9-4-5-10-15/h16-17H,2-11,14H2,1H3. The van der Waals surface area contributed by atoms with Gasteiger partial charge in [-0.1, -0.05) is 12.8 Å². The van der Waals surface area contributed by atoms with E-state index in [4.69, 9.17) is 15.8 Å². The number of nitrogens with two attached hydrogens (primary N) is 1. The lowest BCUT2D eigenvalue weighted by Crippen LogP contribution is -2.39. The number of hydrogen-bond donors (Lipinski definition) is 3. The first-order chi connectivity index (χ1) is 7.99. The van der Waals surface area contributed by atoms with Gasteiger partial charge in [0.1, 0.15) is 0 Å². The van der Waals surface area contributed by atoms with Crippen LogP contribution in [0.5, 0.6) is 0 Å². The molecule has 4 nitrogen and oxygen atoms in total. The summed E-state index contributed by atoms with van der Waals surface area (Å²) >= 11 is 0. The van der Waals surface area contributed by atoms with Crippen molar-refractivity contribution in [2.75, 3.05) is 19.6 Å². The zero-order valence-electron chi connectivity index (χ0n) is 11.1. The highest BCUT2D eigenvalue weighted by Crippen LogP contribution is 2.18. The first kappa shape index (κ1) is 15.0. The third-order valence-electron chi connectivity index (χ3n) is 3.66. The summed E-state index contributed by atoms with van der Waals surface area (Å²) < 4.78 is 0. The molecule has 1 heterocycles. The molecule has 0 radical (unpaired) electrons. The molecule has 1 aliphatic rings. The minimum absolute atomic E-state index is 0.108. The van der Waals surface area contributed by atoms with Crippen molar-refractivity contribution in [1.82, 2.24) is 4.90 Å². The lowest BCUT2D eigenvalue weighted by atomic mass is 9.82. The van der Waals surface area contributed by atoms with Gasteiger partial charge in [-0.3, -0.25) is 0 Å². The van der Waals surface area contributed by atoms with Crippen LogP contribution in [0.4, 0.5) is 0 Å². The van der Waals surface area contributed by atoms with Crippen LogP contribution in [0, 0.1) is 0 Å². The van der Waals surface area contributed by atoms with Crippen LogP contribution in [0.2, 0.25) is 6.32 Å². The fraction of sp³-hybridized carbons (Fsp3) is 1.00. The Morgan fingerprint density at radius 3 is 2.41 bits per heavy atom. The van der Waals surface area contributed by atoms with Crippen LogP contribution in [0.1, 0.15) is 45.4 Å². The molecule has 1 unspecified atom stereocenters. The molecule has 0 aromatic carbocycles. The molecule has 0 saturated carbocycles. The van der Waals surface area contributed by atoms with E-state index in [-0.39, 0.29) is 5.54 Å². The van der Waals surface area contributed by atoms with Crippen LogP contribution in [0.15, 0.2) is 0 Å². The Balaban J connectivity index is 2.07. The molecule has 1 fully saturated rings. The quantitative estimate of drug-likeness (QED) is 0.435. The van der Waals surface area contributed by atoms with Crippen molar-refractivity contribution in [2.45, 2.75) is 57.3 Å². The molecule has 4 N–H and O–H groups in total. The fourth-order valence-electron chi connectivity index (χ4n) is 2.40. The zero-order valence-corrected chi connectivity index (χ0v) is 11.1. The van der Waals surface area contributed by atoms with Gasteiger partial charge >= 0.3 is 7.12 Å². The van der Waals surface area contributed by atoms with E-state index in [1.165, 1.54) is 25.9 Å². The van der Waals surface area contributed by atoms with Gasteiger partial charge in [0.25, 0.3) is 0 Å². The normalized spacial score (nSPS) is 20.5. The Labute approximate surface area is 105 Å². The lowest BCUT2D eigenvalue weighted by molar-refractivity contribution is 0.277. The molecule has 0 amide bonds. The monoisotopic (exact) mass is 242 g/mol. The van der Waals surface area contributed by atoms with Gasteiger partial charge in [0.05, 0.1) is 0 Å². The summed E-state index contributed by atoms with van der Waals surface area (Å²) in [5.41, 5.74) is 6.15. The molecule has 5 heteroatoms. The minimum Gasteiger partial charge on any atom is -0.427 e. The van der Waals surface area contributed by atoms with Crippen molar-refractivity contribution >= 4 is 7.12 Å². The highest BCUT2D eigenvalue weighted by Gasteiger charge is 2.21. The van der Waals surface area contributed by atoms with Crippen LogP contribution in [0.3, 0.4) is 0 Å². The molecule has 0 aromatic rings. The number of nitrogens with zero attached hydrogens (tertiary/aromatic N) is 1. The predicted molar refractivity (Wildman–Crippen MR) is 71.7 cm³/mol. The maximum atomic E-state index is 8.75. The molecule has 17 heavy (non-hydrogen) atoms. The summed E-state index contributed by atoms with van der Waals surface area (Å²) in [4.78, 5) is 2.49. The van der Waals surface area contributed by atoms with Crippen LogP contribution >= 0.6 is 0 Å². The zero-order chi connectivity index (χ0) is 12.7. The van der Waals surface area contributed by atoms with Crippen LogP contribution < -0.4 is 5.73 Å². The van der Waals surface area contributed by atoms with E-state index in [0.717, 1.165) is 32.2 Å². The topological polar surface area (TPSA) is 69.7 Å². The van der Waals surface area contributed by atoms with Crippen LogP contribution in [-0.4, -0.2) is 47.2 Å². The molecule has 0 aliphatic carbocycles. The van der Waals surface area contributed by atoms with Gasteiger partial charge in [-0.05, 0) is 58.6 Å². The second-order valence-corrected chi connectivity index (χ2v) is 5.68. The first-order valence-electron chi connectivity index (χ1n) is 6.87. The van der Waals surface area contributed by atoms with Gasteiger partial charge in [0.15, 0.2) is 0 Å². The molecule has 100 valence electrons. The average molecular weight is 242 g/mol. The summed E-state index contributed by atoms with van der Waals surface area (Å²) in [7, 11) is -1.16. The van der Waals surface area contributed by atoms with Crippen molar-refractivity contribution in [2.24, 2.45) is 5.73 Å². The first-order valence-corrected chi connectivity index (χ1v) is 6.87. The summed E-state index contributed by atoms with van der Waals surface area (Å²) in [6, 6.07) is 0. The van der Waals surface area contributed by atoms with Crippen LogP contribution in [-0.2, 0) is 0 Å². The Bertz CT molecular complexity index is 207. The van der Waals surface area contributed by atoms with E-state index < -0.39 is 7.12 Å². The maximum Gasteiger partial charge on any atom is 0.451 e. The average Bonchev–Trinajstić information content (AvgIpc) is 2.74. The van der Waals surface area contributed by atoms with Gasteiger partial charge in [-0.15, -0.1) is 0 Å². The van der Waals surface area contributed by atoms with Crippen molar-refractivity contribution in [3.05, 3.63) is 0 Å². The highest BCUT2D eigenvalue weighted by atomic mass is 16.4. The van der Waals surface area contributed by atoms with Gasteiger partial charge in [-0.25, -0.2) is 0 Å². The van der Waals surface area contributed by atoms with Gasteiger partial charge < -0.3 is 20.7 Å². The molecule has 1 aliphatic heterocycles. The largest absolute Gasteiger partial charge is 0.451 e. The SMILES string of the molecule is CC(N)(CCCCB(O)O)CCN1CCCC1. The number of rotatable bonds is 8. The van der Waals surface area contributed by atoms with Gasteiger partial charge in [0.2, 0.25) is 0 Å². The molecule has 0 aromatic heterocycles. The summed E-state index contributed by atoms with van der Waals surface area (Å²) in [6.07, 6.45) is 6.94. The van der Waals surface area contributed by atoms with Crippen LogP contribution in [0.25, 0.3) is 0 Å². The number of hydrogen-bond acceptors (Lipinski definition) is 4. The molecule has 1 rings (SSSR count). The fourth-order valence-corrected chi connectivity index (χ4v) is 2.40. The Hall–Kier alpha value is -0.0951. The highest BCUT2D eigenvalue weighted by molar-refractivity contribution is 6.40. The van der Waals surface area contributed by atoms with E-state index in [2.05, 4.69) is 11.8 Å². The lowest BCUT2D eigenvalue weighted by Gasteiger charge is -2.27. The second-order valence-electron chi connectivity index (χ2n) is 5.68. The van der Waals surface area contributed by atoms with Crippen molar-refractivity contribution in [3.63, 3.8) is 0 Å². The Kier molecular flexibility index (Phi) is 6.48. The molecular weight excluding hydrogens is 215 g/mol. The predicted octanol–water partition coefficient (Wildman–Crippen LogP) is 0.833. The molecule has 0 bridgehead atoms. The summed E-state index contributed by atoms with van der Waals surface area (Å²) in [5, 5.41) is 17.5. The molecule has 1 saturated heterocycles. The summed E-state index contributed by atoms with van der Waals surface area (Å²) in [5.74, 6) is 0. The summed E-state index contributed by atoms with van der Waals surface area (Å²) in [6.45, 7) is 5.67. The van der Waals surface area contributed by atoms with Crippen molar-refractivity contribution in [1.29, 1.82) is 0 Å². The second kappa shape index (κ2) is 7.36. The molecular formula is C12H27BN2O2. The van der Waals surface area contributed by atoms with E-state index >= 15 is 0 Å². The van der Waals surface area contributed by atoms with Crippen molar-refractivity contribution < 1.29 is 10.0 Å². The molecule has 0 spiro atoms. The third kappa shape index (κ3) is 7.04. The smallest absolute Gasteiger partial charge is 0.427 e. The molecule has 1 atom stereocenters. The minimum atomic E-state index is -1.16. The number of unbranched alkanes of at least 4 members (excludes halogenated alkanes) is 1. The van der Waals surface area contributed by atoms with E-state index in [1.807, 2.05) is 0 Å². The van der Waals surface area contributed by atoms with Gasteiger partial charge in [-0.2, -0.15) is 0 Å². The Morgan fingerprint density at radius 2 is 1.82 bits per heavy atom. The van der Waals surface area contributed by atoms with E-state index in [9.17, 15) is 0 Å². The number of likely N-dealkylation sites (tertiary alicyclic amines) is 1. The maximum absolute atomic E-state index is 8.75.